The molecule has 3 aromatic rings. The lowest BCUT2D eigenvalue weighted by molar-refractivity contribution is 0.0698. The topological polar surface area (TPSA) is 55.1 Å². The van der Waals surface area contributed by atoms with Crippen molar-refractivity contribution in [3.05, 3.63) is 57.8 Å². The number of carbonyl (C=O) groups is 1. The van der Waals surface area contributed by atoms with Crippen molar-refractivity contribution in [2.45, 2.75) is 13.8 Å². The highest BCUT2D eigenvalue weighted by Crippen LogP contribution is 2.27. The molecule has 1 N–H and O–H groups in total. The quantitative estimate of drug-likeness (QED) is 0.761. The minimum absolute atomic E-state index is 0.254. The summed E-state index contributed by atoms with van der Waals surface area (Å²) in [7, 11) is 0. The molecule has 0 saturated heterocycles. The number of imidazole rings is 1. The summed E-state index contributed by atoms with van der Waals surface area (Å²) in [5, 5.41) is 9.41. The summed E-state index contributed by atoms with van der Waals surface area (Å²) >= 11 is 3.52. The molecule has 0 spiro atoms. The molecule has 3 rings (SSSR count). The van der Waals surface area contributed by atoms with Crippen LogP contribution in [0.3, 0.4) is 0 Å². The summed E-state index contributed by atoms with van der Waals surface area (Å²) < 4.78 is 2.86. The van der Waals surface area contributed by atoms with E-state index in [1.807, 2.05) is 42.7 Å². The van der Waals surface area contributed by atoms with Gasteiger partial charge in [-0.3, -0.25) is 4.57 Å². The van der Waals surface area contributed by atoms with Gasteiger partial charge in [-0.1, -0.05) is 28.1 Å². The van der Waals surface area contributed by atoms with Crippen LogP contribution in [0, 0.1) is 13.8 Å². The highest BCUT2D eigenvalue weighted by atomic mass is 79.9. The lowest BCUT2D eigenvalue weighted by Crippen LogP contribution is -2.03. The van der Waals surface area contributed by atoms with Crippen molar-refractivity contribution >= 4 is 32.9 Å². The molecule has 0 aliphatic rings. The Hall–Kier alpha value is -2.14. The summed E-state index contributed by atoms with van der Waals surface area (Å²) in [6.45, 7) is 3.88. The minimum Gasteiger partial charge on any atom is -0.478 e. The summed E-state index contributed by atoms with van der Waals surface area (Å²) in [6.07, 6.45) is 0. The van der Waals surface area contributed by atoms with Crippen molar-refractivity contribution in [3.8, 4) is 5.69 Å². The van der Waals surface area contributed by atoms with Crippen LogP contribution in [-0.4, -0.2) is 20.6 Å². The molecule has 0 aliphatic heterocycles. The molecule has 2 aromatic carbocycles. The van der Waals surface area contributed by atoms with E-state index in [0.717, 1.165) is 21.5 Å². The normalized spacial score (nSPS) is 11.0. The largest absolute Gasteiger partial charge is 0.478 e. The Morgan fingerprint density at radius 3 is 2.67 bits per heavy atom. The van der Waals surface area contributed by atoms with Crippen molar-refractivity contribution in [3.63, 3.8) is 0 Å². The first-order chi connectivity index (χ1) is 9.99. The third-order valence-corrected chi connectivity index (χ3v) is 4.34. The maximum absolute atomic E-state index is 11.5. The molecule has 1 heterocycles. The van der Waals surface area contributed by atoms with Crippen LogP contribution < -0.4 is 0 Å². The number of aromatic carboxylic acids is 1. The average molecular weight is 345 g/mol. The highest BCUT2D eigenvalue weighted by Gasteiger charge is 2.17. The summed E-state index contributed by atoms with van der Waals surface area (Å²) in [4.78, 5) is 15.9. The Balaban J connectivity index is 2.38. The number of benzene rings is 2. The first-order valence-electron chi connectivity index (χ1n) is 6.47. The van der Waals surface area contributed by atoms with Gasteiger partial charge in [0.2, 0.25) is 0 Å². The van der Waals surface area contributed by atoms with Crippen LogP contribution in [0.5, 0.6) is 0 Å². The van der Waals surface area contributed by atoms with Gasteiger partial charge in [-0.25, -0.2) is 9.78 Å². The van der Waals surface area contributed by atoms with E-state index in [1.54, 1.807) is 12.1 Å². The zero-order valence-electron chi connectivity index (χ0n) is 11.6. The lowest BCUT2D eigenvalue weighted by atomic mass is 10.1. The Bertz CT molecular complexity index is 868. The molecule has 0 aliphatic carbocycles. The fourth-order valence-electron chi connectivity index (χ4n) is 2.45. The van der Waals surface area contributed by atoms with Crippen molar-refractivity contribution in [2.75, 3.05) is 0 Å². The van der Waals surface area contributed by atoms with Gasteiger partial charge < -0.3 is 5.11 Å². The van der Waals surface area contributed by atoms with Crippen molar-refractivity contribution < 1.29 is 9.90 Å². The van der Waals surface area contributed by atoms with E-state index in [-0.39, 0.29) is 5.56 Å². The monoisotopic (exact) mass is 344 g/mol. The number of para-hydroxylation sites is 1. The molecule has 1 aromatic heterocycles. The van der Waals surface area contributed by atoms with Crippen LogP contribution in [0.1, 0.15) is 21.7 Å². The lowest BCUT2D eigenvalue weighted by Gasteiger charge is -2.10. The van der Waals surface area contributed by atoms with Crippen molar-refractivity contribution in [2.24, 2.45) is 0 Å². The van der Waals surface area contributed by atoms with Gasteiger partial charge in [-0.05, 0) is 43.7 Å². The second-order valence-electron chi connectivity index (χ2n) is 4.91. The number of carboxylic acid groups (broad SMARTS) is 1. The Labute approximate surface area is 130 Å². The van der Waals surface area contributed by atoms with E-state index in [9.17, 15) is 9.90 Å². The fourth-order valence-corrected chi connectivity index (χ4v) is 2.82. The van der Waals surface area contributed by atoms with Crippen LogP contribution in [0.4, 0.5) is 0 Å². The van der Waals surface area contributed by atoms with Gasteiger partial charge in [0.15, 0.2) is 0 Å². The highest BCUT2D eigenvalue weighted by molar-refractivity contribution is 9.10. The van der Waals surface area contributed by atoms with Crippen LogP contribution in [0.2, 0.25) is 0 Å². The Morgan fingerprint density at radius 1 is 1.24 bits per heavy atom. The number of hydrogen-bond donors (Lipinski definition) is 1. The number of halogens is 1. The third-order valence-electron chi connectivity index (χ3n) is 3.49. The zero-order chi connectivity index (χ0) is 15.1. The number of aryl methyl sites for hydroxylation is 2. The number of hydrogen-bond acceptors (Lipinski definition) is 2. The van der Waals surface area contributed by atoms with Gasteiger partial charge in [-0.15, -0.1) is 0 Å². The number of carboxylic acids is 1. The van der Waals surface area contributed by atoms with Gasteiger partial charge >= 0.3 is 5.97 Å². The molecule has 106 valence electrons. The van der Waals surface area contributed by atoms with Crippen molar-refractivity contribution in [1.82, 2.24) is 9.55 Å². The molecule has 0 bridgehead atoms. The van der Waals surface area contributed by atoms with Gasteiger partial charge in [0.05, 0.1) is 16.6 Å². The molecule has 5 heteroatoms. The zero-order valence-corrected chi connectivity index (χ0v) is 13.2. The predicted molar refractivity (Wildman–Crippen MR) is 85.2 cm³/mol. The molecule has 0 saturated carbocycles. The standard InChI is InChI=1S/C16H13BrN2O2/c1-9-6-7-11(8-13(9)17)19-10(2)18-14-5-3-4-12(15(14)19)16(20)21/h3-8H,1-2H3,(H,20,21). The van der Waals surface area contributed by atoms with Crippen molar-refractivity contribution in [1.29, 1.82) is 0 Å². The fraction of sp³-hybridized carbons (Fsp3) is 0.125. The molecule has 0 fully saturated rings. The first-order valence-corrected chi connectivity index (χ1v) is 7.26. The summed E-state index contributed by atoms with van der Waals surface area (Å²) in [5.41, 5.74) is 3.58. The Kier molecular flexibility index (Phi) is 3.29. The maximum atomic E-state index is 11.5. The number of nitrogens with zero attached hydrogens (tertiary/aromatic N) is 2. The number of aromatic nitrogens is 2. The van der Waals surface area contributed by atoms with Gasteiger partial charge in [-0.2, -0.15) is 0 Å². The smallest absolute Gasteiger partial charge is 0.337 e. The first kappa shape index (κ1) is 13.8. The van der Waals surface area contributed by atoms with Crippen LogP contribution in [0.15, 0.2) is 40.9 Å². The second-order valence-corrected chi connectivity index (χ2v) is 5.76. The van der Waals surface area contributed by atoms with Crippen LogP contribution in [0.25, 0.3) is 16.7 Å². The van der Waals surface area contributed by atoms with Crippen LogP contribution >= 0.6 is 15.9 Å². The number of rotatable bonds is 2. The van der Waals surface area contributed by atoms with Gasteiger partial charge in [0, 0.05) is 10.2 Å². The van der Waals surface area contributed by atoms with E-state index in [2.05, 4.69) is 20.9 Å². The van der Waals surface area contributed by atoms with Gasteiger partial charge in [0.25, 0.3) is 0 Å². The molecule has 0 unspecified atom stereocenters. The van der Waals surface area contributed by atoms with E-state index < -0.39 is 5.97 Å². The predicted octanol–water partition coefficient (Wildman–Crippen LogP) is 4.10. The molecule has 4 nitrogen and oxygen atoms in total. The minimum atomic E-state index is -0.951. The van der Waals surface area contributed by atoms with E-state index in [1.165, 1.54) is 0 Å². The van der Waals surface area contributed by atoms with E-state index in [0.29, 0.717) is 11.0 Å². The molecular formula is C16H13BrN2O2. The van der Waals surface area contributed by atoms with Gasteiger partial charge in [0.1, 0.15) is 5.82 Å². The molecule has 0 atom stereocenters. The molecular weight excluding hydrogens is 332 g/mol. The SMILES string of the molecule is Cc1ccc(-n2c(C)nc3cccc(C(=O)O)c32)cc1Br. The maximum Gasteiger partial charge on any atom is 0.337 e. The summed E-state index contributed by atoms with van der Waals surface area (Å²) in [5.74, 6) is -0.192. The number of fused-ring (bicyclic) bond motifs is 1. The molecule has 0 amide bonds. The molecule has 0 radical (unpaired) electrons. The van der Waals surface area contributed by atoms with E-state index in [4.69, 9.17) is 0 Å². The van der Waals surface area contributed by atoms with Crippen LogP contribution in [-0.2, 0) is 0 Å². The average Bonchev–Trinajstić information content (AvgIpc) is 2.77. The molecule has 21 heavy (non-hydrogen) atoms. The second kappa shape index (κ2) is 5.00. The third kappa shape index (κ3) is 2.23. The summed E-state index contributed by atoms with van der Waals surface area (Å²) in [6, 6.07) is 11.1. The Morgan fingerprint density at radius 2 is 2.00 bits per heavy atom. The van der Waals surface area contributed by atoms with E-state index >= 15 is 0 Å².